The fraction of sp³-hybridized carbons (Fsp3) is 0. The first-order valence-corrected chi connectivity index (χ1v) is 3.14. The number of rotatable bonds is 2. The second kappa shape index (κ2) is 11.6. The Morgan fingerprint density at radius 3 is 1.88 bits per heavy atom. The molecule has 0 aliphatic carbocycles. The molecule has 0 spiro atoms. The van der Waals surface area contributed by atoms with E-state index in [9.17, 15) is 20.2 Å². The smallest absolute Gasteiger partial charge is 1.00 e. The van der Waals surface area contributed by atoms with Gasteiger partial charge in [0.05, 0.1) is 15.9 Å². The van der Waals surface area contributed by atoms with E-state index >= 15 is 0 Å². The first-order chi connectivity index (χ1) is 6.02. The largest absolute Gasteiger partial charge is 2.00 e. The van der Waals surface area contributed by atoms with Gasteiger partial charge >= 0.3 is 64.8 Å². The van der Waals surface area contributed by atoms with Crippen molar-refractivity contribution in [1.82, 2.24) is 0 Å². The molecule has 0 aliphatic heterocycles. The molecule has 0 radical (unpaired) electrons. The Hall–Kier alpha value is 0.520. The van der Waals surface area contributed by atoms with Gasteiger partial charge in [0.1, 0.15) is 0 Å². The topological polar surface area (TPSA) is 107 Å². The van der Waals surface area contributed by atoms with E-state index in [2.05, 4.69) is 0 Å². The van der Waals surface area contributed by atoms with Crippen LogP contribution in [0.1, 0.15) is 0 Å². The summed E-state index contributed by atoms with van der Waals surface area (Å²) < 4.78 is 0. The molecule has 1 N–H and O–H groups in total. The molecule has 1 aromatic rings. The first-order valence-electron chi connectivity index (χ1n) is 3.14. The van der Waals surface area contributed by atoms with Crippen LogP contribution in [0.25, 0.3) is 0 Å². The van der Waals surface area contributed by atoms with Crippen molar-refractivity contribution >= 4 is 38.4 Å². The van der Waals surface area contributed by atoms with Gasteiger partial charge in [0, 0.05) is 6.07 Å². The number of nitro benzene ring substituents is 2. The molecule has 7 nitrogen and oxygen atoms in total. The molecule has 84 valence electrons. The third-order valence-electron chi connectivity index (χ3n) is 1.37. The summed E-state index contributed by atoms with van der Waals surface area (Å²) in [5, 5.41) is 29.3. The monoisotopic (exact) mass is 296 g/mol. The molecule has 0 fully saturated rings. The van der Waals surface area contributed by atoms with Crippen molar-refractivity contribution in [3.05, 3.63) is 38.4 Å². The first kappa shape index (κ1) is 26.2. The van der Waals surface area contributed by atoms with Crippen LogP contribution in [0.5, 0.6) is 5.75 Å². The van der Waals surface area contributed by atoms with Gasteiger partial charge in [-0.3, -0.25) is 20.2 Å². The minimum absolute atomic E-state index is 0. The number of aromatic hydroxyl groups is 1. The van der Waals surface area contributed by atoms with E-state index in [0.29, 0.717) is 6.07 Å². The molecular formula is C6H6N2Na2O5S2. The van der Waals surface area contributed by atoms with Crippen LogP contribution in [0.3, 0.4) is 0 Å². The molecular weight excluding hydrogens is 290 g/mol. The van der Waals surface area contributed by atoms with E-state index in [1.807, 2.05) is 0 Å². The predicted octanol–water partition coefficient (Wildman–Crippen LogP) is -4.67. The number of benzene rings is 1. The summed E-state index contributed by atoms with van der Waals surface area (Å²) in [6, 6.07) is 2.61. The molecule has 0 bridgehead atoms. The molecule has 17 heavy (non-hydrogen) atoms. The quantitative estimate of drug-likeness (QED) is 0.335. The average molecular weight is 296 g/mol. The Morgan fingerprint density at radius 1 is 1.06 bits per heavy atom. The fourth-order valence-corrected chi connectivity index (χ4v) is 0.772. The number of nitrogens with zero attached hydrogens (tertiary/aromatic N) is 2. The Bertz CT molecular complexity index is 393. The van der Waals surface area contributed by atoms with E-state index in [-0.39, 0.29) is 86.1 Å². The minimum Gasteiger partial charge on any atom is -2.00 e. The zero-order valence-corrected chi connectivity index (χ0v) is 14.9. The summed E-state index contributed by atoms with van der Waals surface area (Å²) in [6.07, 6.45) is 0. The van der Waals surface area contributed by atoms with Gasteiger partial charge in [0.25, 0.3) is 5.69 Å². The van der Waals surface area contributed by atoms with Gasteiger partial charge in [0.15, 0.2) is 5.75 Å². The van der Waals surface area contributed by atoms with Gasteiger partial charge in [-0.05, 0) is 6.07 Å². The Labute approximate surface area is 155 Å². The van der Waals surface area contributed by atoms with Crippen molar-refractivity contribution < 1.29 is 74.1 Å². The maximum Gasteiger partial charge on any atom is 1.00 e. The third kappa shape index (κ3) is 7.52. The van der Waals surface area contributed by atoms with Crippen LogP contribution >= 0.6 is 13.5 Å². The second-order valence-electron chi connectivity index (χ2n) is 2.19. The van der Waals surface area contributed by atoms with Gasteiger partial charge in [-0.25, -0.2) is 0 Å². The van der Waals surface area contributed by atoms with Gasteiger partial charge in [-0.2, -0.15) is 13.5 Å². The molecule has 0 atom stereocenters. The van der Waals surface area contributed by atoms with E-state index in [0.717, 1.165) is 12.1 Å². The molecule has 1 rings (SSSR count). The SMILES string of the molecule is O=[N+]([O-])c1ccc(O)c([N+](=O)[O-])c1.S.[Na+].[Na+].[S-2]. The maximum absolute atomic E-state index is 10.2. The number of nitro groups is 2. The van der Waals surface area contributed by atoms with Crippen LogP contribution in [0.4, 0.5) is 11.4 Å². The van der Waals surface area contributed by atoms with Gasteiger partial charge in [0.2, 0.25) is 0 Å². The number of hydrogen-bond donors (Lipinski definition) is 1. The predicted molar refractivity (Wildman–Crippen MR) is 59.2 cm³/mol. The summed E-state index contributed by atoms with van der Waals surface area (Å²) in [5.41, 5.74) is -1.10. The van der Waals surface area contributed by atoms with Crippen molar-refractivity contribution in [2.75, 3.05) is 0 Å². The summed E-state index contributed by atoms with van der Waals surface area (Å²) in [4.78, 5) is 18.7. The van der Waals surface area contributed by atoms with Crippen molar-refractivity contribution in [3.8, 4) is 5.75 Å². The molecule has 0 aromatic heterocycles. The average Bonchev–Trinajstić information content (AvgIpc) is 2.04. The Kier molecular flexibility index (Phi) is 17.9. The normalized spacial score (nSPS) is 7.29. The van der Waals surface area contributed by atoms with Gasteiger partial charge in [-0.1, -0.05) is 0 Å². The van der Waals surface area contributed by atoms with Crippen LogP contribution < -0.4 is 59.1 Å². The molecule has 0 amide bonds. The van der Waals surface area contributed by atoms with Crippen LogP contribution in [0.15, 0.2) is 18.2 Å². The van der Waals surface area contributed by atoms with Gasteiger partial charge < -0.3 is 18.6 Å². The van der Waals surface area contributed by atoms with Crippen LogP contribution in [0, 0.1) is 20.2 Å². The molecule has 0 heterocycles. The number of non-ortho nitro benzene ring substituents is 1. The molecule has 1 aromatic carbocycles. The molecule has 0 unspecified atom stereocenters. The minimum atomic E-state index is -0.887. The summed E-state index contributed by atoms with van der Waals surface area (Å²) in [5.74, 6) is -0.587. The van der Waals surface area contributed by atoms with Crippen LogP contribution in [-0.4, -0.2) is 15.0 Å². The van der Waals surface area contributed by atoms with E-state index in [1.165, 1.54) is 0 Å². The van der Waals surface area contributed by atoms with Crippen LogP contribution in [0.2, 0.25) is 0 Å². The van der Waals surface area contributed by atoms with Crippen molar-refractivity contribution in [3.63, 3.8) is 0 Å². The number of phenols is 1. The van der Waals surface area contributed by atoms with E-state index in [1.54, 1.807) is 0 Å². The molecule has 0 aliphatic rings. The van der Waals surface area contributed by atoms with E-state index in [4.69, 9.17) is 5.11 Å². The number of hydrogen-bond acceptors (Lipinski definition) is 5. The standard InChI is InChI=1S/C6H4N2O5.2Na.H2S.S/c9-6-2-1-4(7(10)11)3-5(6)8(12)13;;;;/h1-3,9H;;;1H2;/q;2*+1;;-2. The van der Waals surface area contributed by atoms with Gasteiger partial charge in [-0.15, -0.1) is 0 Å². The Morgan fingerprint density at radius 2 is 1.53 bits per heavy atom. The molecule has 0 saturated carbocycles. The van der Waals surface area contributed by atoms with Crippen molar-refractivity contribution in [1.29, 1.82) is 0 Å². The van der Waals surface area contributed by atoms with Crippen molar-refractivity contribution in [2.45, 2.75) is 0 Å². The summed E-state index contributed by atoms with van der Waals surface area (Å²) in [6.45, 7) is 0. The second-order valence-corrected chi connectivity index (χ2v) is 2.19. The maximum atomic E-state index is 10.2. The number of phenolic OH excluding ortho intramolecular Hbond substituents is 1. The van der Waals surface area contributed by atoms with Crippen LogP contribution in [-0.2, 0) is 13.5 Å². The Balaban J connectivity index is -0.000000211. The summed E-state index contributed by atoms with van der Waals surface area (Å²) in [7, 11) is 0. The summed E-state index contributed by atoms with van der Waals surface area (Å²) >= 11 is 0. The van der Waals surface area contributed by atoms with E-state index < -0.39 is 27.0 Å². The zero-order valence-electron chi connectivity index (χ0n) is 9.11. The molecule has 0 saturated heterocycles. The third-order valence-corrected chi connectivity index (χ3v) is 1.37. The molecule has 11 heteroatoms. The fourth-order valence-electron chi connectivity index (χ4n) is 0.772. The zero-order chi connectivity index (χ0) is 10.0. The van der Waals surface area contributed by atoms with Crippen molar-refractivity contribution in [2.24, 2.45) is 0 Å².